The van der Waals surface area contributed by atoms with E-state index in [-0.39, 0.29) is 23.6 Å². The Morgan fingerprint density at radius 3 is 2.95 bits per heavy atom. The molecule has 7 heteroatoms. The fraction of sp³-hybridized carbons (Fsp3) is 0.333. The van der Waals surface area contributed by atoms with Crippen LogP contribution in [0.3, 0.4) is 0 Å². The fourth-order valence-electron chi connectivity index (χ4n) is 1.64. The maximum Gasteiger partial charge on any atom is 0.238 e. The molecule has 1 aromatic carbocycles. The van der Waals surface area contributed by atoms with Gasteiger partial charge in [-0.2, -0.15) is 5.26 Å². The SMILES string of the molecule is Cl.N#Cc1ccc(NC(=O)C2CNCCS2)cc1Cl. The predicted molar refractivity (Wildman–Crippen MR) is 81.2 cm³/mol. The Hall–Kier alpha value is -0.930. The van der Waals surface area contributed by atoms with Gasteiger partial charge >= 0.3 is 0 Å². The number of nitriles is 1. The van der Waals surface area contributed by atoms with Crippen LogP contribution in [0.15, 0.2) is 18.2 Å². The van der Waals surface area contributed by atoms with Crippen molar-refractivity contribution in [1.29, 1.82) is 5.26 Å². The lowest BCUT2D eigenvalue weighted by molar-refractivity contribution is -0.115. The highest BCUT2D eigenvalue weighted by Gasteiger charge is 2.21. The molecule has 0 aliphatic carbocycles. The third kappa shape index (κ3) is 4.29. The Kier molecular flexibility index (Phi) is 6.46. The summed E-state index contributed by atoms with van der Waals surface area (Å²) in [5.74, 6) is 0.902. The molecule has 0 aromatic heterocycles. The number of nitrogens with one attached hydrogen (secondary N) is 2. The van der Waals surface area contributed by atoms with Crippen molar-refractivity contribution < 1.29 is 4.79 Å². The Balaban J connectivity index is 0.00000180. The zero-order valence-corrected chi connectivity index (χ0v) is 12.4. The average Bonchev–Trinajstić information content (AvgIpc) is 2.40. The first-order valence-electron chi connectivity index (χ1n) is 5.53. The molecule has 0 radical (unpaired) electrons. The van der Waals surface area contributed by atoms with Gasteiger partial charge in [0.2, 0.25) is 5.91 Å². The highest BCUT2D eigenvalue weighted by molar-refractivity contribution is 8.00. The van der Waals surface area contributed by atoms with Crippen molar-refractivity contribution in [2.45, 2.75) is 5.25 Å². The van der Waals surface area contributed by atoms with E-state index in [2.05, 4.69) is 10.6 Å². The van der Waals surface area contributed by atoms with E-state index in [1.54, 1.807) is 30.0 Å². The maximum atomic E-state index is 12.0. The lowest BCUT2D eigenvalue weighted by Gasteiger charge is -2.21. The molecule has 1 unspecified atom stereocenters. The van der Waals surface area contributed by atoms with Gasteiger partial charge in [-0.3, -0.25) is 4.79 Å². The van der Waals surface area contributed by atoms with Gasteiger partial charge in [-0.1, -0.05) is 11.6 Å². The van der Waals surface area contributed by atoms with Crippen LogP contribution in [-0.4, -0.2) is 30.0 Å². The van der Waals surface area contributed by atoms with Crippen molar-refractivity contribution in [2.75, 3.05) is 24.2 Å². The van der Waals surface area contributed by atoms with Crippen LogP contribution in [-0.2, 0) is 4.79 Å². The number of nitrogens with zero attached hydrogens (tertiary/aromatic N) is 1. The van der Waals surface area contributed by atoms with E-state index < -0.39 is 0 Å². The largest absolute Gasteiger partial charge is 0.325 e. The lowest BCUT2D eigenvalue weighted by Crippen LogP contribution is -2.40. The third-order valence-electron chi connectivity index (χ3n) is 2.58. The Morgan fingerprint density at radius 1 is 1.58 bits per heavy atom. The van der Waals surface area contributed by atoms with Crippen LogP contribution < -0.4 is 10.6 Å². The molecule has 2 N–H and O–H groups in total. The molecule has 102 valence electrons. The molecular formula is C12H13Cl2N3OS. The van der Waals surface area contributed by atoms with Crippen LogP contribution in [0.5, 0.6) is 0 Å². The first-order chi connectivity index (χ1) is 8.70. The van der Waals surface area contributed by atoms with E-state index in [0.29, 0.717) is 22.8 Å². The second kappa shape index (κ2) is 7.61. The van der Waals surface area contributed by atoms with E-state index >= 15 is 0 Å². The topological polar surface area (TPSA) is 64.9 Å². The Labute approximate surface area is 127 Å². The van der Waals surface area contributed by atoms with Crippen molar-refractivity contribution in [2.24, 2.45) is 0 Å². The van der Waals surface area contributed by atoms with Gasteiger partial charge in [-0.25, -0.2) is 0 Å². The van der Waals surface area contributed by atoms with Crippen molar-refractivity contribution in [1.82, 2.24) is 5.32 Å². The van der Waals surface area contributed by atoms with Crippen LogP contribution in [0.2, 0.25) is 5.02 Å². The van der Waals surface area contributed by atoms with Gasteiger partial charge in [0.25, 0.3) is 0 Å². The normalized spacial score (nSPS) is 18.0. The number of carbonyl (C=O) groups is 1. The zero-order valence-electron chi connectivity index (χ0n) is 9.98. The van der Waals surface area contributed by atoms with Gasteiger partial charge in [0, 0.05) is 24.5 Å². The molecule has 0 bridgehead atoms. The number of benzene rings is 1. The standard InChI is InChI=1S/C12H12ClN3OS.ClH/c13-10-5-9(2-1-8(10)6-14)16-12(17)11-7-15-3-4-18-11;/h1-2,5,11,15H,3-4,7H2,(H,16,17);1H. The number of hydrogen-bond donors (Lipinski definition) is 2. The smallest absolute Gasteiger partial charge is 0.238 e. The summed E-state index contributed by atoms with van der Waals surface area (Å²) in [6.07, 6.45) is 0. The molecule has 1 heterocycles. The molecule has 4 nitrogen and oxygen atoms in total. The molecule has 1 fully saturated rings. The number of rotatable bonds is 2. The Morgan fingerprint density at radius 2 is 2.37 bits per heavy atom. The lowest BCUT2D eigenvalue weighted by atomic mass is 10.2. The van der Waals surface area contributed by atoms with E-state index in [1.165, 1.54) is 0 Å². The van der Waals surface area contributed by atoms with E-state index in [4.69, 9.17) is 16.9 Å². The van der Waals surface area contributed by atoms with Gasteiger partial charge < -0.3 is 10.6 Å². The first kappa shape index (κ1) is 16.1. The van der Waals surface area contributed by atoms with Crippen LogP contribution in [0.4, 0.5) is 5.69 Å². The van der Waals surface area contributed by atoms with Crippen molar-refractivity contribution in [3.63, 3.8) is 0 Å². The summed E-state index contributed by atoms with van der Waals surface area (Å²) in [5.41, 5.74) is 1.03. The number of halogens is 2. The van der Waals surface area contributed by atoms with E-state index in [9.17, 15) is 4.79 Å². The van der Waals surface area contributed by atoms with Crippen molar-refractivity contribution in [3.05, 3.63) is 28.8 Å². The molecule has 1 aliphatic rings. The van der Waals surface area contributed by atoms with Crippen LogP contribution >= 0.6 is 35.8 Å². The average molecular weight is 318 g/mol. The van der Waals surface area contributed by atoms with Crippen LogP contribution in [0.25, 0.3) is 0 Å². The number of thioether (sulfide) groups is 1. The summed E-state index contributed by atoms with van der Waals surface area (Å²) >= 11 is 7.55. The van der Waals surface area contributed by atoms with Crippen LogP contribution in [0, 0.1) is 11.3 Å². The monoisotopic (exact) mass is 317 g/mol. The van der Waals surface area contributed by atoms with Gasteiger partial charge in [0.1, 0.15) is 6.07 Å². The molecule has 1 aliphatic heterocycles. The molecule has 2 rings (SSSR count). The van der Waals surface area contributed by atoms with Gasteiger partial charge in [-0.05, 0) is 18.2 Å². The minimum absolute atomic E-state index is 0. The summed E-state index contributed by atoms with van der Waals surface area (Å²) in [6, 6.07) is 6.86. The molecule has 1 atom stereocenters. The van der Waals surface area contributed by atoms with Gasteiger partial charge in [0.15, 0.2) is 0 Å². The molecular weight excluding hydrogens is 305 g/mol. The summed E-state index contributed by atoms with van der Waals surface area (Å²) in [6.45, 7) is 1.62. The summed E-state index contributed by atoms with van der Waals surface area (Å²) < 4.78 is 0. The zero-order chi connectivity index (χ0) is 13.0. The third-order valence-corrected chi connectivity index (χ3v) is 4.11. The van der Waals surface area contributed by atoms with E-state index in [1.807, 2.05) is 6.07 Å². The second-order valence-electron chi connectivity index (χ2n) is 3.86. The van der Waals surface area contributed by atoms with E-state index in [0.717, 1.165) is 12.3 Å². The van der Waals surface area contributed by atoms with Gasteiger partial charge in [-0.15, -0.1) is 24.2 Å². The highest BCUT2D eigenvalue weighted by atomic mass is 35.5. The molecule has 19 heavy (non-hydrogen) atoms. The summed E-state index contributed by atoms with van der Waals surface area (Å²) in [7, 11) is 0. The quantitative estimate of drug-likeness (QED) is 0.878. The molecule has 0 spiro atoms. The number of hydrogen-bond acceptors (Lipinski definition) is 4. The van der Waals surface area contributed by atoms with Crippen LogP contribution in [0.1, 0.15) is 5.56 Å². The Bertz CT molecular complexity index is 498. The minimum atomic E-state index is -0.0758. The number of carbonyl (C=O) groups excluding carboxylic acids is 1. The summed E-state index contributed by atoms with van der Waals surface area (Å²) in [4.78, 5) is 12.0. The molecule has 1 aromatic rings. The first-order valence-corrected chi connectivity index (χ1v) is 6.96. The molecule has 0 saturated carbocycles. The van der Waals surface area contributed by atoms with Gasteiger partial charge in [0.05, 0.1) is 15.8 Å². The second-order valence-corrected chi connectivity index (χ2v) is 5.58. The van der Waals surface area contributed by atoms with Crippen molar-refractivity contribution in [3.8, 4) is 6.07 Å². The molecule has 1 amide bonds. The summed E-state index contributed by atoms with van der Waals surface area (Å²) in [5, 5.41) is 15.0. The predicted octanol–water partition coefficient (Wildman–Crippen LogP) is 2.28. The molecule has 1 saturated heterocycles. The number of amides is 1. The fourth-order valence-corrected chi connectivity index (χ4v) is 2.86. The van der Waals surface area contributed by atoms with Crippen molar-refractivity contribution >= 4 is 47.4 Å². The number of anilines is 1. The maximum absolute atomic E-state index is 12.0. The highest BCUT2D eigenvalue weighted by Crippen LogP contribution is 2.21. The minimum Gasteiger partial charge on any atom is -0.325 e.